The van der Waals surface area contributed by atoms with Gasteiger partial charge in [-0.2, -0.15) is 4.39 Å². The van der Waals surface area contributed by atoms with Crippen molar-refractivity contribution >= 4 is 5.57 Å². The Bertz CT molecular complexity index is 524. The van der Waals surface area contributed by atoms with Crippen LogP contribution in [0.3, 0.4) is 0 Å². The lowest BCUT2D eigenvalue weighted by Crippen LogP contribution is -2.33. The summed E-state index contributed by atoms with van der Waals surface area (Å²) in [4.78, 5) is 9.74. The van der Waals surface area contributed by atoms with E-state index in [1.54, 1.807) is 0 Å². The first-order valence-corrected chi connectivity index (χ1v) is 5.42. The smallest absolute Gasteiger partial charge is 0.385 e. The van der Waals surface area contributed by atoms with Crippen molar-refractivity contribution in [1.29, 1.82) is 0 Å². The van der Waals surface area contributed by atoms with Gasteiger partial charge in [0.05, 0.1) is 12.0 Å². The molecule has 0 spiro atoms. The second-order valence-corrected chi connectivity index (χ2v) is 3.99. The molecular formula is C13H12FNO3. The number of nitrogens with zero attached hydrogens (tertiary/aromatic N) is 1. The van der Waals surface area contributed by atoms with Gasteiger partial charge in [-0.1, -0.05) is 30.3 Å². The molecule has 0 amide bonds. The van der Waals surface area contributed by atoms with Crippen LogP contribution in [-0.4, -0.2) is 17.8 Å². The van der Waals surface area contributed by atoms with Gasteiger partial charge in [-0.05, 0) is 11.6 Å². The topological polar surface area (TPSA) is 52.4 Å². The van der Waals surface area contributed by atoms with E-state index < -0.39 is 17.1 Å². The van der Waals surface area contributed by atoms with Crippen LogP contribution >= 0.6 is 0 Å². The van der Waals surface area contributed by atoms with E-state index in [9.17, 15) is 14.5 Å². The van der Waals surface area contributed by atoms with Crippen LogP contribution in [0.5, 0.6) is 0 Å². The molecule has 0 saturated carbocycles. The second-order valence-electron chi connectivity index (χ2n) is 3.99. The maximum Gasteiger partial charge on any atom is 0.385 e. The maximum atomic E-state index is 13.9. The Morgan fingerprint density at radius 2 is 2.06 bits per heavy atom. The third kappa shape index (κ3) is 2.11. The monoisotopic (exact) mass is 249 g/mol. The first-order valence-electron chi connectivity index (χ1n) is 5.42. The van der Waals surface area contributed by atoms with Crippen LogP contribution < -0.4 is 0 Å². The van der Waals surface area contributed by atoms with Gasteiger partial charge in [0.2, 0.25) is 0 Å². The minimum Gasteiger partial charge on any atom is -0.500 e. The fourth-order valence-corrected chi connectivity index (χ4v) is 1.87. The zero-order valence-corrected chi connectivity index (χ0v) is 9.80. The highest BCUT2D eigenvalue weighted by Gasteiger charge is 2.44. The predicted octanol–water partition coefficient (Wildman–Crippen LogP) is 2.95. The summed E-state index contributed by atoms with van der Waals surface area (Å²) in [5, 5.41) is 10.7. The lowest BCUT2D eigenvalue weighted by atomic mass is 9.94. The van der Waals surface area contributed by atoms with Crippen LogP contribution in [0, 0.1) is 10.1 Å². The Kier molecular flexibility index (Phi) is 3.14. The minimum absolute atomic E-state index is 0.280. The van der Waals surface area contributed by atoms with E-state index in [0.717, 1.165) is 11.6 Å². The van der Waals surface area contributed by atoms with Crippen molar-refractivity contribution in [2.45, 2.75) is 12.2 Å². The molecule has 0 saturated heterocycles. The van der Waals surface area contributed by atoms with Crippen molar-refractivity contribution < 1.29 is 14.1 Å². The van der Waals surface area contributed by atoms with Crippen LogP contribution in [-0.2, 0) is 4.74 Å². The summed E-state index contributed by atoms with van der Waals surface area (Å²) in [6, 6.07) is 9.23. The number of nitro groups is 1. The molecule has 4 nitrogen and oxygen atoms in total. The van der Waals surface area contributed by atoms with E-state index in [0.29, 0.717) is 5.57 Å². The number of hydrogen-bond acceptors (Lipinski definition) is 3. The molecule has 0 heterocycles. The summed E-state index contributed by atoms with van der Waals surface area (Å²) in [6.45, 7) is 0. The van der Waals surface area contributed by atoms with Crippen molar-refractivity contribution in [2.75, 3.05) is 7.11 Å². The van der Waals surface area contributed by atoms with Crippen LogP contribution in [0.25, 0.3) is 5.57 Å². The van der Waals surface area contributed by atoms with Gasteiger partial charge in [-0.3, -0.25) is 10.1 Å². The Morgan fingerprint density at radius 3 is 2.61 bits per heavy atom. The molecule has 1 aromatic carbocycles. The average Bonchev–Trinajstić information content (AvgIpc) is 2.39. The van der Waals surface area contributed by atoms with Crippen LogP contribution in [0.4, 0.5) is 4.39 Å². The standard InChI is InChI=1S/C13H12FNO3/c1-18-12-9-13(14,15(16)17)8-7-11(12)10-5-3-2-4-6-10/h2-8H,9H2,1H3. The lowest BCUT2D eigenvalue weighted by Gasteiger charge is -2.21. The average molecular weight is 249 g/mol. The fourth-order valence-electron chi connectivity index (χ4n) is 1.87. The van der Waals surface area contributed by atoms with Crippen molar-refractivity contribution in [1.82, 2.24) is 0 Å². The van der Waals surface area contributed by atoms with Crippen LogP contribution in [0.1, 0.15) is 12.0 Å². The molecule has 0 N–H and O–H groups in total. The molecule has 0 fully saturated rings. The molecule has 0 aliphatic heterocycles. The molecule has 2 rings (SSSR count). The fraction of sp³-hybridized carbons (Fsp3) is 0.231. The van der Waals surface area contributed by atoms with Crippen molar-refractivity contribution in [3.05, 3.63) is 63.9 Å². The normalized spacial score (nSPS) is 23.0. The summed E-state index contributed by atoms with van der Waals surface area (Å²) in [6.07, 6.45) is 1.98. The second kappa shape index (κ2) is 4.60. The molecular weight excluding hydrogens is 237 g/mol. The van der Waals surface area contributed by atoms with Crippen LogP contribution in [0.2, 0.25) is 0 Å². The lowest BCUT2D eigenvalue weighted by molar-refractivity contribution is -0.589. The number of methoxy groups -OCH3 is 1. The molecule has 0 bridgehead atoms. The third-order valence-electron chi connectivity index (χ3n) is 2.85. The van der Waals surface area contributed by atoms with Crippen molar-refractivity contribution in [3.8, 4) is 0 Å². The van der Waals surface area contributed by atoms with Gasteiger partial charge in [0, 0.05) is 11.6 Å². The van der Waals surface area contributed by atoms with E-state index in [4.69, 9.17) is 4.74 Å². The van der Waals surface area contributed by atoms with E-state index in [-0.39, 0.29) is 5.76 Å². The van der Waals surface area contributed by atoms with Gasteiger partial charge in [0.25, 0.3) is 0 Å². The van der Waals surface area contributed by atoms with Crippen molar-refractivity contribution in [3.63, 3.8) is 0 Å². The van der Waals surface area contributed by atoms with Gasteiger partial charge in [-0.15, -0.1) is 0 Å². The van der Waals surface area contributed by atoms with Crippen LogP contribution in [0.15, 0.2) is 48.2 Å². The molecule has 94 valence electrons. The highest BCUT2D eigenvalue weighted by Crippen LogP contribution is 2.35. The number of ether oxygens (including phenoxy) is 1. The number of halogens is 1. The summed E-state index contributed by atoms with van der Waals surface area (Å²) in [5.74, 6) is -2.30. The Labute approximate surface area is 104 Å². The molecule has 5 heteroatoms. The van der Waals surface area contributed by atoms with Gasteiger partial charge in [0.15, 0.2) is 0 Å². The highest BCUT2D eigenvalue weighted by molar-refractivity contribution is 5.77. The minimum atomic E-state index is -2.58. The number of hydrogen-bond donors (Lipinski definition) is 0. The van der Waals surface area contributed by atoms with E-state index >= 15 is 0 Å². The Morgan fingerprint density at radius 1 is 1.39 bits per heavy atom. The van der Waals surface area contributed by atoms with Gasteiger partial charge in [-0.25, -0.2) is 0 Å². The molecule has 1 atom stereocenters. The summed E-state index contributed by atoms with van der Waals surface area (Å²) >= 11 is 0. The van der Waals surface area contributed by atoms with E-state index in [1.165, 1.54) is 13.2 Å². The zero-order chi connectivity index (χ0) is 13.2. The number of allylic oxidation sites excluding steroid dienone is 2. The molecule has 1 aliphatic carbocycles. The van der Waals surface area contributed by atoms with Crippen molar-refractivity contribution in [2.24, 2.45) is 0 Å². The van der Waals surface area contributed by atoms with E-state index in [1.807, 2.05) is 30.3 Å². The number of rotatable bonds is 3. The first kappa shape index (κ1) is 12.3. The first-order chi connectivity index (χ1) is 8.57. The maximum absolute atomic E-state index is 13.9. The Balaban J connectivity index is 2.41. The zero-order valence-electron chi connectivity index (χ0n) is 9.80. The summed E-state index contributed by atoms with van der Waals surface area (Å²) < 4.78 is 19.0. The predicted molar refractivity (Wildman–Crippen MR) is 65.0 cm³/mol. The SMILES string of the molecule is COC1=C(c2ccccc2)C=CC(F)([N+](=O)[O-])C1. The number of alkyl halides is 1. The molecule has 1 aromatic rings. The summed E-state index contributed by atoms with van der Waals surface area (Å²) in [5.41, 5.74) is 1.52. The van der Waals surface area contributed by atoms with E-state index in [2.05, 4.69) is 0 Å². The molecule has 0 aromatic heterocycles. The molecule has 1 unspecified atom stereocenters. The van der Waals surface area contributed by atoms with Gasteiger partial charge < -0.3 is 4.74 Å². The van der Waals surface area contributed by atoms with Gasteiger partial charge in [0.1, 0.15) is 12.2 Å². The largest absolute Gasteiger partial charge is 0.500 e. The highest BCUT2D eigenvalue weighted by atomic mass is 19.1. The number of benzene rings is 1. The summed E-state index contributed by atoms with van der Waals surface area (Å²) in [7, 11) is 1.39. The molecule has 18 heavy (non-hydrogen) atoms. The molecule has 0 radical (unpaired) electrons. The third-order valence-corrected chi connectivity index (χ3v) is 2.85. The quantitative estimate of drug-likeness (QED) is 0.470. The molecule has 1 aliphatic rings. The van der Waals surface area contributed by atoms with Gasteiger partial charge >= 0.3 is 5.79 Å². The Hall–Kier alpha value is -2.17.